The molecule has 0 atom stereocenters. The van der Waals surface area contributed by atoms with Gasteiger partial charge in [0.25, 0.3) is 0 Å². The Kier molecular flexibility index (Phi) is 6.18. The molecule has 0 aromatic heterocycles. The molecule has 1 nitrogen and oxygen atoms in total. The van der Waals surface area contributed by atoms with Gasteiger partial charge in [-0.25, -0.2) is 0 Å². The zero-order valence-corrected chi connectivity index (χ0v) is 11.5. The second kappa shape index (κ2) is 7.18. The van der Waals surface area contributed by atoms with Crippen LogP contribution in [0.3, 0.4) is 0 Å². The summed E-state index contributed by atoms with van der Waals surface area (Å²) in [6.07, 6.45) is 3.21. The molecule has 3 heteroatoms. The van der Waals surface area contributed by atoms with Crippen LogP contribution in [0.1, 0.15) is 25.3 Å². The van der Waals surface area contributed by atoms with Crippen LogP contribution in [0.25, 0.3) is 0 Å². The van der Waals surface area contributed by atoms with Gasteiger partial charge in [0.1, 0.15) is 5.75 Å². The fraction of sp³-hybridized carbons (Fsp3) is 0.500. The Morgan fingerprint density at radius 2 is 2.13 bits per heavy atom. The average molecular weight is 289 g/mol. The van der Waals surface area contributed by atoms with Gasteiger partial charge in [0, 0.05) is 4.47 Å². The van der Waals surface area contributed by atoms with Crippen molar-refractivity contribution in [3.8, 4) is 5.75 Å². The lowest BCUT2D eigenvalue weighted by Crippen LogP contribution is -1.96. The topological polar surface area (TPSA) is 9.23 Å². The second-order valence-electron chi connectivity index (χ2n) is 3.47. The zero-order valence-electron chi connectivity index (χ0n) is 9.00. The number of rotatable bonds is 6. The van der Waals surface area contributed by atoms with Crippen LogP contribution < -0.4 is 4.74 Å². The molecule has 0 saturated heterocycles. The maximum absolute atomic E-state index is 5.61. The Balaban J connectivity index is 2.66. The molecular weight excluding hydrogens is 272 g/mol. The predicted molar refractivity (Wildman–Crippen MR) is 72.1 cm³/mol. The summed E-state index contributed by atoms with van der Waals surface area (Å²) in [6.45, 7) is 2.89. The summed E-state index contributed by atoms with van der Waals surface area (Å²) in [5.74, 6) is 1.89. The Bertz CT molecular complexity index is 275. The fourth-order valence-corrected chi connectivity index (χ4v) is 2.03. The lowest BCUT2D eigenvalue weighted by molar-refractivity contribution is 0.317. The standard InChI is InChI=1S/C12H17BrOS/c1-2-5-14-12-8-10(4-3-6-15)7-11(13)9-12/h7-9,15H,2-6H2,1H3. The lowest BCUT2D eigenvalue weighted by Gasteiger charge is -2.08. The van der Waals surface area contributed by atoms with E-state index in [1.165, 1.54) is 5.56 Å². The van der Waals surface area contributed by atoms with Crippen LogP contribution >= 0.6 is 28.6 Å². The van der Waals surface area contributed by atoms with Crippen LogP contribution in [-0.2, 0) is 6.42 Å². The lowest BCUT2D eigenvalue weighted by atomic mass is 10.1. The highest BCUT2D eigenvalue weighted by atomic mass is 79.9. The quantitative estimate of drug-likeness (QED) is 0.776. The number of thiol groups is 1. The van der Waals surface area contributed by atoms with E-state index < -0.39 is 0 Å². The monoisotopic (exact) mass is 288 g/mol. The van der Waals surface area contributed by atoms with Gasteiger partial charge in [0.05, 0.1) is 6.61 Å². The van der Waals surface area contributed by atoms with Crippen LogP contribution in [0.5, 0.6) is 5.75 Å². The minimum absolute atomic E-state index is 0.780. The van der Waals surface area contributed by atoms with Crippen molar-refractivity contribution in [2.75, 3.05) is 12.4 Å². The molecule has 1 rings (SSSR count). The van der Waals surface area contributed by atoms with Crippen molar-refractivity contribution in [1.29, 1.82) is 0 Å². The SMILES string of the molecule is CCCOc1cc(Br)cc(CCCS)c1. The summed E-state index contributed by atoms with van der Waals surface area (Å²) >= 11 is 7.71. The van der Waals surface area contributed by atoms with Gasteiger partial charge in [-0.15, -0.1) is 0 Å². The highest BCUT2D eigenvalue weighted by molar-refractivity contribution is 9.10. The van der Waals surface area contributed by atoms with Crippen LogP contribution in [0.15, 0.2) is 22.7 Å². The van der Waals surface area contributed by atoms with Crippen LogP contribution in [0.2, 0.25) is 0 Å². The predicted octanol–water partition coefficient (Wildman–Crippen LogP) is 4.10. The van der Waals surface area contributed by atoms with Crippen molar-refractivity contribution >= 4 is 28.6 Å². The summed E-state index contributed by atoms with van der Waals surface area (Å²) in [5, 5.41) is 0. The molecule has 0 radical (unpaired) electrons. The van der Waals surface area contributed by atoms with Crippen LogP contribution in [0, 0.1) is 0 Å². The number of ether oxygens (including phenoxy) is 1. The molecule has 0 unspecified atom stereocenters. The molecule has 0 aliphatic carbocycles. The molecule has 0 amide bonds. The number of hydrogen-bond acceptors (Lipinski definition) is 2. The first kappa shape index (κ1) is 12.9. The minimum Gasteiger partial charge on any atom is -0.494 e. The van der Waals surface area contributed by atoms with Gasteiger partial charge in [-0.05, 0) is 48.8 Å². The summed E-state index contributed by atoms with van der Waals surface area (Å²) in [5.41, 5.74) is 1.31. The molecule has 0 fully saturated rings. The number of halogens is 1. The van der Waals surface area contributed by atoms with E-state index in [4.69, 9.17) is 4.74 Å². The van der Waals surface area contributed by atoms with E-state index in [9.17, 15) is 0 Å². The number of benzene rings is 1. The smallest absolute Gasteiger partial charge is 0.120 e. The maximum atomic E-state index is 5.61. The maximum Gasteiger partial charge on any atom is 0.120 e. The Morgan fingerprint density at radius 1 is 1.33 bits per heavy atom. The number of hydrogen-bond donors (Lipinski definition) is 1. The van der Waals surface area contributed by atoms with Gasteiger partial charge in [-0.3, -0.25) is 0 Å². The van der Waals surface area contributed by atoms with E-state index in [0.29, 0.717) is 0 Å². The van der Waals surface area contributed by atoms with Gasteiger partial charge in [0.15, 0.2) is 0 Å². The van der Waals surface area contributed by atoms with Crippen molar-refractivity contribution in [2.45, 2.75) is 26.2 Å². The van der Waals surface area contributed by atoms with Gasteiger partial charge in [-0.1, -0.05) is 22.9 Å². The van der Waals surface area contributed by atoms with Crippen LogP contribution in [0.4, 0.5) is 0 Å². The molecule has 15 heavy (non-hydrogen) atoms. The van der Waals surface area contributed by atoms with Gasteiger partial charge in [0.2, 0.25) is 0 Å². The Labute approximate surface area is 106 Å². The highest BCUT2D eigenvalue weighted by Gasteiger charge is 2.00. The molecule has 0 N–H and O–H groups in total. The van der Waals surface area contributed by atoms with Crippen LogP contribution in [-0.4, -0.2) is 12.4 Å². The molecule has 0 bridgehead atoms. The van der Waals surface area contributed by atoms with Crippen molar-refractivity contribution in [3.05, 3.63) is 28.2 Å². The van der Waals surface area contributed by atoms with E-state index in [1.807, 2.05) is 6.07 Å². The largest absolute Gasteiger partial charge is 0.494 e. The van der Waals surface area contributed by atoms with Crippen molar-refractivity contribution in [2.24, 2.45) is 0 Å². The molecule has 84 valence electrons. The first-order chi connectivity index (χ1) is 7.26. The fourth-order valence-electron chi connectivity index (χ4n) is 1.35. The van der Waals surface area contributed by atoms with Gasteiger partial charge >= 0.3 is 0 Å². The third-order valence-corrected chi connectivity index (χ3v) is 2.80. The zero-order chi connectivity index (χ0) is 11.1. The molecule has 0 aliphatic rings. The first-order valence-electron chi connectivity index (χ1n) is 5.29. The highest BCUT2D eigenvalue weighted by Crippen LogP contribution is 2.22. The van der Waals surface area contributed by atoms with E-state index in [1.54, 1.807) is 0 Å². The van der Waals surface area contributed by atoms with E-state index in [0.717, 1.165) is 41.8 Å². The first-order valence-corrected chi connectivity index (χ1v) is 6.72. The van der Waals surface area contributed by atoms with E-state index in [2.05, 4.69) is 47.6 Å². The van der Waals surface area contributed by atoms with Gasteiger partial charge in [-0.2, -0.15) is 12.6 Å². The number of aryl methyl sites for hydroxylation is 1. The molecule has 1 aromatic rings. The van der Waals surface area contributed by atoms with Crippen molar-refractivity contribution < 1.29 is 4.74 Å². The van der Waals surface area contributed by atoms with E-state index in [-0.39, 0.29) is 0 Å². The van der Waals surface area contributed by atoms with E-state index >= 15 is 0 Å². The Hall–Kier alpha value is -0.150. The summed E-state index contributed by atoms with van der Waals surface area (Å²) in [6, 6.07) is 6.27. The molecule has 0 heterocycles. The second-order valence-corrected chi connectivity index (χ2v) is 4.83. The molecular formula is C12H17BrOS. The molecule has 0 saturated carbocycles. The third kappa shape index (κ3) is 4.94. The van der Waals surface area contributed by atoms with Crippen molar-refractivity contribution in [1.82, 2.24) is 0 Å². The normalized spacial score (nSPS) is 10.3. The molecule has 0 aliphatic heterocycles. The van der Waals surface area contributed by atoms with Crippen molar-refractivity contribution in [3.63, 3.8) is 0 Å². The Morgan fingerprint density at radius 3 is 2.80 bits per heavy atom. The molecule has 0 spiro atoms. The molecule has 1 aromatic carbocycles. The summed E-state index contributed by atoms with van der Waals surface area (Å²) in [4.78, 5) is 0. The van der Waals surface area contributed by atoms with Gasteiger partial charge < -0.3 is 4.74 Å². The average Bonchev–Trinajstić information content (AvgIpc) is 2.23. The minimum atomic E-state index is 0.780. The summed E-state index contributed by atoms with van der Waals surface area (Å²) < 4.78 is 6.70. The third-order valence-electron chi connectivity index (χ3n) is 2.03. The summed E-state index contributed by atoms with van der Waals surface area (Å²) in [7, 11) is 0.